The molecule has 0 radical (unpaired) electrons. The van der Waals surface area contributed by atoms with Gasteiger partial charge in [0, 0.05) is 25.6 Å². The van der Waals surface area contributed by atoms with Gasteiger partial charge < -0.3 is 20.3 Å². The summed E-state index contributed by atoms with van der Waals surface area (Å²) in [6.45, 7) is 2.17. The number of aromatic nitrogens is 4. The first-order chi connectivity index (χ1) is 10.3. The molecule has 0 bridgehead atoms. The van der Waals surface area contributed by atoms with Crippen molar-refractivity contribution in [2.45, 2.75) is 18.9 Å². The summed E-state index contributed by atoms with van der Waals surface area (Å²) in [6.07, 6.45) is 8.00. The van der Waals surface area contributed by atoms with Crippen molar-refractivity contribution in [1.29, 1.82) is 0 Å². The Hall–Kier alpha value is -2.15. The number of hydrogen-bond acceptors (Lipinski definition) is 6. The Labute approximate surface area is 122 Å². The van der Waals surface area contributed by atoms with E-state index in [9.17, 15) is 5.11 Å². The zero-order chi connectivity index (χ0) is 14.4. The molecule has 1 unspecified atom stereocenters. The summed E-state index contributed by atoms with van der Waals surface area (Å²) in [7, 11) is 0. The summed E-state index contributed by atoms with van der Waals surface area (Å²) >= 11 is 0. The number of allylic oxidation sites excluding steroid dienone is 1. The lowest BCUT2D eigenvalue weighted by Crippen LogP contribution is -2.38. The third-order valence-electron chi connectivity index (χ3n) is 4.32. The van der Waals surface area contributed by atoms with Crippen molar-refractivity contribution in [2.24, 2.45) is 5.92 Å². The van der Waals surface area contributed by atoms with E-state index in [0.717, 1.165) is 36.5 Å². The van der Waals surface area contributed by atoms with Crippen molar-refractivity contribution in [3.63, 3.8) is 0 Å². The highest BCUT2D eigenvalue weighted by Crippen LogP contribution is 2.32. The second kappa shape index (κ2) is 4.70. The molecule has 4 rings (SSSR count). The first kappa shape index (κ1) is 12.6. The minimum absolute atomic E-state index is 0.172. The van der Waals surface area contributed by atoms with Gasteiger partial charge in [0.25, 0.3) is 0 Å². The van der Waals surface area contributed by atoms with Crippen LogP contribution < -0.4 is 10.6 Å². The van der Waals surface area contributed by atoms with Gasteiger partial charge in [0.2, 0.25) is 5.95 Å². The average Bonchev–Trinajstić information content (AvgIpc) is 3.01. The van der Waals surface area contributed by atoms with E-state index in [1.165, 1.54) is 6.42 Å². The van der Waals surface area contributed by atoms with Crippen LogP contribution in [-0.4, -0.2) is 44.3 Å². The summed E-state index contributed by atoms with van der Waals surface area (Å²) in [5, 5.41) is 9.27. The SMILES string of the molecule is Nc1nc(N2CCC2)c2ncn([C@@H]3C=CC(CO)C3)c2n1. The fourth-order valence-corrected chi connectivity index (χ4v) is 3.00. The topological polar surface area (TPSA) is 93.1 Å². The van der Waals surface area contributed by atoms with Gasteiger partial charge in [0.05, 0.1) is 12.4 Å². The minimum Gasteiger partial charge on any atom is -0.396 e. The first-order valence-electron chi connectivity index (χ1n) is 7.30. The summed E-state index contributed by atoms with van der Waals surface area (Å²) in [6, 6.07) is 0.172. The minimum atomic E-state index is 0.172. The van der Waals surface area contributed by atoms with Gasteiger partial charge in [-0.1, -0.05) is 12.2 Å². The molecule has 2 aliphatic rings. The molecule has 0 spiro atoms. The van der Waals surface area contributed by atoms with E-state index in [1.807, 2.05) is 4.57 Å². The number of nitrogens with zero attached hydrogens (tertiary/aromatic N) is 5. The highest BCUT2D eigenvalue weighted by molar-refractivity contribution is 5.85. The van der Waals surface area contributed by atoms with Crippen LogP contribution in [-0.2, 0) is 0 Å². The fourth-order valence-electron chi connectivity index (χ4n) is 3.00. The van der Waals surface area contributed by atoms with Gasteiger partial charge in [-0.15, -0.1) is 0 Å². The van der Waals surface area contributed by atoms with Gasteiger partial charge in [-0.05, 0) is 12.8 Å². The Kier molecular flexibility index (Phi) is 2.81. The molecule has 1 aliphatic heterocycles. The Morgan fingerprint density at radius 1 is 1.29 bits per heavy atom. The van der Waals surface area contributed by atoms with E-state index in [4.69, 9.17) is 5.73 Å². The molecule has 1 fully saturated rings. The Morgan fingerprint density at radius 2 is 2.14 bits per heavy atom. The number of imidazole rings is 1. The Balaban J connectivity index is 1.77. The maximum absolute atomic E-state index is 9.27. The van der Waals surface area contributed by atoms with Crippen LogP contribution in [0.5, 0.6) is 0 Å². The lowest BCUT2D eigenvalue weighted by Gasteiger charge is -2.32. The molecule has 1 saturated heterocycles. The van der Waals surface area contributed by atoms with E-state index in [2.05, 4.69) is 32.0 Å². The van der Waals surface area contributed by atoms with Crippen LogP contribution in [0.25, 0.3) is 11.2 Å². The number of nitrogens with two attached hydrogens (primary N) is 1. The number of hydrogen-bond donors (Lipinski definition) is 2. The van der Waals surface area contributed by atoms with Gasteiger partial charge >= 0.3 is 0 Å². The first-order valence-corrected chi connectivity index (χ1v) is 7.30. The van der Waals surface area contributed by atoms with Gasteiger partial charge in [0.1, 0.15) is 0 Å². The number of aliphatic hydroxyl groups is 1. The molecule has 0 aromatic carbocycles. The van der Waals surface area contributed by atoms with E-state index >= 15 is 0 Å². The highest BCUT2D eigenvalue weighted by Gasteiger charge is 2.25. The predicted molar refractivity (Wildman–Crippen MR) is 79.9 cm³/mol. The smallest absolute Gasteiger partial charge is 0.224 e. The van der Waals surface area contributed by atoms with Crippen LogP contribution in [0.1, 0.15) is 18.9 Å². The van der Waals surface area contributed by atoms with Crippen molar-refractivity contribution >= 4 is 22.9 Å². The van der Waals surface area contributed by atoms with E-state index in [1.54, 1.807) is 6.33 Å². The van der Waals surface area contributed by atoms with Crippen molar-refractivity contribution in [3.8, 4) is 0 Å². The molecule has 7 nitrogen and oxygen atoms in total. The largest absolute Gasteiger partial charge is 0.396 e. The number of rotatable bonds is 3. The third-order valence-corrected chi connectivity index (χ3v) is 4.32. The second-order valence-corrected chi connectivity index (χ2v) is 5.70. The molecule has 110 valence electrons. The monoisotopic (exact) mass is 286 g/mol. The van der Waals surface area contributed by atoms with Crippen LogP contribution >= 0.6 is 0 Å². The molecule has 2 atom stereocenters. The van der Waals surface area contributed by atoms with Gasteiger partial charge in [-0.2, -0.15) is 9.97 Å². The zero-order valence-electron chi connectivity index (χ0n) is 11.7. The van der Waals surface area contributed by atoms with Crippen molar-refractivity contribution in [3.05, 3.63) is 18.5 Å². The Morgan fingerprint density at radius 3 is 2.81 bits per heavy atom. The Bertz CT molecular complexity index is 705. The lowest BCUT2D eigenvalue weighted by atomic mass is 10.1. The van der Waals surface area contributed by atoms with Gasteiger partial charge in [0.15, 0.2) is 17.0 Å². The van der Waals surface area contributed by atoms with E-state index < -0.39 is 0 Å². The molecule has 0 saturated carbocycles. The third kappa shape index (κ3) is 1.96. The predicted octanol–water partition coefficient (Wildman–Crippen LogP) is 0.728. The molecular weight excluding hydrogens is 268 g/mol. The van der Waals surface area contributed by atoms with Crippen LogP contribution in [0, 0.1) is 5.92 Å². The van der Waals surface area contributed by atoms with Crippen molar-refractivity contribution < 1.29 is 5.11 Å². The van der Waals surface area contributed by atoms with Gasteiger partial charge in [-0.3, -0.25) is 0 Å². The molecule has 1 aliphatic carbocycles. The lowest BCUT2D eigenvalue weighted by molar-refractivity contribution is 0.244. The molecular formula is C14H18N6O. The maximum Gasteiger partial charge on any atom is 0.224 e. The van der Waals surface area contributed by atoms with Crippen molar-refractivity contribution in [2.75, 3.05) is 30.3 Å². The molecule has 0 amide bonds. The van der Waals surface area contributed by atoms with Crippen LogP contribution in [0.4, 0.5) is 11.8 Å². The second-order valence-electron chi connectivity index (χ2n) is 5.70. The van der Waals surface area contributed by atoms with Crippen LogP contribution in [0.15, 0.2) is 18.5 Å². The average molecular weight is 286 g/mol. The molecule has 21 heavy (non-hydrogen) atoms. The standard InChI is InChI=1S/C14H18N6O/c15-14-17-12(19-4-1-5-19)11-13(18-14)20(8-16-11)10-3-2-9(6-10)7-21/h2-3,8-10,21H,1,4-7H2,(H2,15,17,18)/t9?,10-/m1/s1. The van der Waals surface area contributed by atoms with Crippen LogP contribution in [0.3, 0.4) is 0 Å². The molecule has 3 heterocycles. The number of anilines is 2. The van der Waals surface area contributed by atoms with Gasteiger partial charge in [-0.25, -0.2) is 4.98 Å². The zero-order valence-corrected chi connectivity index (χ0v) is 11.7. The van der Waals surface area contributed by atoms with Crippen LogP contribution in [0.2, 0.25) is 0 Å². The molecule has 7 heteroatoms. The molecule has 2 aromatic rings. The summed E-state index contributed by atoms with van der Waals surface area (Å²) in [4.78, 5) is 15.4. The quantitative estimate of drug-likeness (QED) is 0.808. The van der Waals surface area contributed by atoms with Crippen molar-refractivity contribution in [1.82, 2.24) is 19.5 Å². The normalized spacial score (nSPS) is 24.7. The fraction of sp³-hybridized carbons (Fsp3) is 0.500. The number of nitrogen functional groups attached to an aromatic ring is 1. The summed E-state index contributed by atoms with van der Waals surface area (Å²) < 4.78 is 2.03. The summed E-state index contributed by atoms with van der Waals surface area (Å²) in [5.41, 5.74) is 7.46. The summed E-state index contributed by atoms with van der Waals surface area (Å²) in [5.74, 6) is 1.33. The maximum atomic E-state index is 9.27. The van der Waals surface area contributed by atoms with E-state index in [0.29, 0.717) is 0 Å². The van der Waals surface area contributed by atoms with E-state index in [-0.39, 0.29) is 24.5 Å². The molecule has 2 aromatic heterocycles. The highest BCUT2D eigenvalue weighted by atomic mass is 16.3. The molecule has 3 N–H and O–H groups in total. The number of aliphatic hydroxyl groups excluding tert-OH is 1. The number of fused-ring (bicyclic) bond motifs is 1.